The molecular weight excluding hydrogens is 479 g/mol. The van der Waals surface area contributed by atoms with Gasteiger partial charge in [0.2, 0.25) is 0 Å². The lowest BCUT2D eigenvalue weighted by Crippen LogP contribution is -2.41. The summed E-state index contributed by atoms with van der Waals surface area (Å²) in [5.74, 6) is 1.69. The third-order valence-corrected chi connectivity index (χ3v) is 5.09. The van der Waals surface area contributed by atoms with Crippen LogP contribution in [0.2, 0.25) is 0 Å². The van der Waals surface area contributed by atoms with Crippen molar-refractivity contribution >= 4 is 47.2 Å². The standard InChI is InChI=1S/C22H26N4O2.HI/c1-2-23-22(26-15-12-17-8-3-4-9-18(17)26)24-13-7-14-25-19-10-5-6-11-20(19)28-16-21(25)27;/h3-6,8-11H,2,7,12-16H2,1H3,(H,23,24);1H. The summed E-state index contributed by atoms with van der Waals surface area (Å²) in [6.45, 7) is 5.26. The van der Waals surface area contributed by atoms with Crippen molar-refractivity contribution in [2.75, 3.05) is 42.6 Å². The number of anilines is 2. The van der Waals surface area contributed by atoms with Crippen LogP contribution in [0.3, 0.4) is 0 Å². The quantitative estimate of drug-likeness (QED) is 0.292. The number of nitrogens with one attached hydrogen (secondary N) is 1. The van der Waals surface area contributed by atoms with Crippen molar-refractivity contribution in [1.82, 2.24) is 5.32 Å². The predicted octanol–water partition coefficient (Wildman–Crippen LogP) is 3.45. The molecule has 2 aromatic carbocycles. The normalized spacial score (nSPS) is 15.3. The molecule has 0 fully saturated rings. The predicted molar refractivity (Wildman–Crippen MR) is 128 cm³/mol. The fourth-order valence-electron chi connectivity index (χ4n) is 3.77. The molecule has 2 aromatic rings. The monoisotopic (exact) mass is 506 g/mol. The molecule has 4 rings (SSSR count). The van der Waals surface area contributed by atoms with Gasteiger partial charge in [0.25, 0.3) is 5.91 Å². The Hall–Kier alpha value is -2.29. The molecule has 0 atom stereocenters. The second-order valence-electron chi connectivity index (χ2n) is 6.92. The summed E-state index contributed by atoms with van der Waals surface area (Å²) in [6.07, 6.45) is 1.84. The number of halogens is 1. The van der Waals surface area contributed by atoms with E-state index < -0.39 is 0 Å². The van der Waals surface area contributed by atoms with Crippen LogP contribution >= 0.6 is 24.0 Å². The number of benzene rings is 2. The van der Waals surface area contributed by atoms with Crippen LogP contribution < -0.4 is 19.9 Å². The molecule has 2 heterocycles. The Morgan fingerprint density at radius 3 is 2.72 bits per heavy atom. The van der Waals surface area contributed by atoms with Gasteiger partial charge in [0, 0.05) is 31.9 Å². The number of hydrogen-bond donors (Lipinski definition) is 1. The molecule has 0 radical (unpaired) electrons. The van der Waals surface area contributed by atoms with E-state index in [0.29, 0.717) is 13.1 Å². The molecule has 1 N–H and O–H groups in total. The van der Waals surface area contributed by atoms with Gasteiger partial charge in [-0.05, 0) is 43.5 Å². The summed E-state index contributed by atoms with van der Waals surface area (Å²) in [4.78, 5) is 21.2. The molecule has 2 aliphatic rings. The summed E-state index contributed by atoms with van der Waals surface area (Å²) < 4.78 is 5.51. The fourth-order valence-corrected chi connectivity index (χ4v) is 3.77. The van der Waals surface area contributed by atoms with Crippen molar-refractivity contribution < 1.29 is 9.53 Å². The van der Waals surface area contributed by atoms with E-state index in [1.165, 1.54) is 11.3 Å². The van der Waals surface area contributed by atoms with Gasteiger partial charge in [-0.15, -0.1) is 24.0 Å². The molecule has 2 aliphatic heterocycles. The Balaban J connectivity index is 0.00000240. The number of carbonyl (C=O) groups excluding carboxylic acids is 1. The lowest BCUT2D eigenvalue weighted by Gasteiger charge is -2.29. The van der Waals surface area contributed by atoms with Gasteiger partial charge in [-0.3, -0.25) is 9.79 Å². The van der Waals surface area contributed by atoms with Crippen LogP contribution in [0.1, 0.15) is 18.9 Å². The average Bonchev–Trinajstić information content (AvgIpc) is 3.15. The van der Waals surface area contributed by atoms with Crippen molar-refractivity contribution in [3.05, 3.63) is 54.1 Å². The van der Waals surface area contributed by atoms with Crippen molar-refractivity contribution in [2.24, 2.45) is 4.99 Å². The number of para-hydroxylation sites is 3. The largest absolute Gasteiger partial charge is 0.482 e. The lowest BCUT2D eigenvalue weighted by atomic mass is 10.2. The second kappa shape index (κ2) is 9.96. The van der Waals surface area contributed by atoms with Crippen molar-refractivity contribution in [1.29, 1.82) is 0 Å². The minimum Gasteiger partial charge on any atom is -0.482 e. The number of nitrogens with zero attached hydrogens (tertiary/aromatic N) is 3. The Labute approximate surface area is 189 Å². The van der Waals surface area contributed by atoms with E-state index in [1.807, 2.05) is 29.2 Å². The van der Waals surface area contributed by atoms with Gasteiger partial charge in [-0.25, -0.2) is 0 Å². The van der Waals surface area contributed by atoms with Crippen LogP contribution in [0.5, 0.6) is 5.75 Å². The van der Waals surface area contributed by atoms with Gasteiger partial charge in [-0.1, -0.05) is 30.3 Å². The molecule has 0 saturated carbocycles. The van der Waals surface area contributed by atoms with E-state index in [4.69, 9.17) is 9.73 Å². The maximum absolute atomic E-state index is 12.3. The van der Waals surface area contributed by atoms with Crippen molar-refractivity contribution in [2.45, 2.75) is 19.8 Å². The Morgan fingerprint density at radius 1 is 1.14 bits per heavy atom. The zero-order chi connectivity index (χ0) is 19.3. The number of fused-ring (bicyclic) bond motifs is 2. The zero-order valence-electron chi connectivity index (χ0n) is 16.6. The molecule has 29 heavy (non-hydrogen) atoms. The summed E-state index contributed by atoms with van der Waals surface area (Å²) in [7, 11) is 0. The number of amides is 1. The minimum absolute atomic E-state index is 0. The zero-order valence-corrected chi connectivity index (χ0v) is 19.0. The second-order valence-corrected chi connectivity index (χ2v) is 6.92. The first-order chi connectivity index (χ1) is 13.8. The molecule has 0 aliphatic carbocycles. The van der Waals surface area contributed by atoms with E-state index >= 15 is 0 Å². The number of rotatable bonds is 5. The van der Waals surface area contributed by atoms with Crippen molar-refractivity contribution in [3.63, 3.8) is 0 Å². The lowest BCUT2D eigenvalue weighted by molar-refractivity contribution is -0.121. The number of aliphatic imine (C=N–C) groups is 1. The van der Waals surface area contributed by atoms with Crippen LogP contribution in [0.25, 0.3) is 0 Å². The van der Waals surface area contributed by atoms with Gasteiger partial charge in [0.1, 0.15) is 5.75 Å². The molecule has 7 heteroatoms. The van der Waals surface area contributed by atoms with Gasteiger partial charge >= 0.3 is 0 Å². The van der Waals surface area contributed by atoms with Crippen LogP contribution in [0, 0.1) is 0 Å². The van der Waals surface area contributed by atoms with E-state index in [0.717, 1.165) is 43.3 Å². The number of ether oxygens (including phenoxy) is 1. The number of carbonyl (C=O) groups is 1. The highest BCUT2D eigenvalue weighted by Crippen LogP contribution is 2.31. The van der Waals surface area contributed by atoms with Gasteiger partial charge in [-0.2, -0.15) is 0 Å². The highest BCUT2D eigenvalue weighted by molar-refractivity contribution is 14.0. The highest BCUT2D eigenvalue weighted by atomic mass is 127. The SMILES string of the molecule is CCNC(=NCCCN1C(=O)COc2ccccc21)N1CCc2ccccc21.I. The van der Waals surface area contributed by atoms with E-state index in [1.54, 1.807) is 0 Å². The topological polar surface area (TPSA) is 57.2 Å². The van der Waals surface area contributed by atoms with Gasteiger partial charge < -0.3 is 19.9 Å². The van der Waals surface area contributed by atoms with Crippen LogP contribution in [-0.2, 0) is 11.2 Å². The Bertz CT molecular complexity index is 887. The summed E-state index contributed by atoms with van der Waals surface area (Å²) in [5, 5.41) is 3.40. The summed E-state index contributed by atoms with van der Waals surface area (Å²) in [5.41, 5.74) is 3.45. The maximum Gasteiger partial charge on any atom is 0.265 e. The minimum atomic E-state index is 0. The molecule has 0 saturated heterocycles. The van der Waals surface area contributed by atoms with Gasteiger partial charge in [0.05, 0.1) is 5.69 Å². The summed E-state index contributed by atoms with van der Waals surface area (Å²) >= 11 is 0. The fraction of sp³-hybridized carbons (Fsp3) is 0.364. The first kappa shape index (κ1) is 21.4. The average molecular weight is 506 g/mol. The first-order valence-corrected chi connectivity index (χ1v) is 9.94. The number of hydrogen-bond acceptors (Lipinski definition) is 3. The van der Waals surface area contributed by atoms with E-state index in [2.05, 4.69) is 41.4 Å². The van der Waals surface area contributed by atoms with Crippen LogP contribution in [0.4, 0.5) is 11.4 Å². The van der Waals surface area contributed by atoms with Crippen molar-refractivity contribution in [3.8, 4) is 5.75 Å². The number of guanidine groups is 1. The Kier molecular flexibility index (Phi) is 7.35. The first-order valence-electron chi connectivity index (χ1n) is 9.94. The van der Waals surface area contributed by atoms with Gasteiger partial charge in [0.15, 0.2) is 12.6 Å². The molecule has 0 aromatic heterocycles. The molecule has 1 amide bonds. The highest BCUT2D eigenvalue weighted by Gasteiger charge is 2.25. The van der Waals surface area contributed by atoms with Crippen LogP contribution in [-0.4, -0.2) is 44.7 Å². The smallest absolute Gasteiger partial charge is 0.265 e. The molecule has 0 bridgehead atoms. The summed E-state index contributed by atoms with van der Waals surface area (Å²) in [6, 6.07) is 16.2. The Morgan fingerprint density at radius 2 is 1.90 bits per heavy atom. The van der Waals surface area contributed by atoms with Crippen LogP contribution in [0.15, 0.2) is 53.5 Å². The third-order valence-electron chi connectivity index (χ3n) is 5.09. The molecule has 0 unspecified atom stereocenters. The molecular formula is C22H27IN4O2. The molecule has 0 spiro atoms. The molecule has 154 valence electrons. The third kappa shape index (κ3) is 4.66. The van der Waals surface area contributed by atoms with E-state index in [9.17, 15) is 4.79 Å². The molecule has 6 nitrogen and oxygen atoms in total. The van der Waals surface area contributed by atoms with E-state index in [-0.39, 0.29) is 36.5 Å². The maximum atomic E-state index is 12.3.